The normalized spacial score (nSPS) is 12.4. The van der Waals surface area contributed by atoms with Crippen LogP contribution in [0.4, 0.5) is 0 Å². The van der Waals surface area contributed by atoms with Gasteiger partial charge >= 0.3 is 5.97 Å². The summed E-state index contributed by atoms with van der Waals surface area (Å²) in [6.07, 6.45) is 0.547. The van der Waals surface area contributed by atoms with Gasteiger partial charge in [-0.15, -0.1) is 11.3 Å². The lowest BCUT2D eigenvalue weighted by atomic mass is 9.97. The van der Waals surface area contributed by atoms with Crippen molar-refractivity contribution in [3.05, 3.63) is 16.1 Å². The highest BCUT2D eigenvalue weighted by atomic mass is 32.1. The Morgan fingerprint density at radius 1 is 1.50 bits per heavy atom. The van der Waals surface area contributed by atoms with Crippen LogP contribution >= 0.6 is 11.3 Å². The molecule has 0 aliphatic rings. The minimum atomic E-state index is -0.876. The van der Waals surface area contributed by atoms with Gasteiger partial charge in [0.05, 0.1) is 10.9 Å². The summed E-state index contributed by atoms with van der Waals surface area (Å²) in [4.78, 5) is 26.8. The minimum Gasteiger partial charge on any atom is -0.481 e. The van der Waals surface area contributed by atoms with Crippen molar-refractivity contribution in [2.45, 2.75) is 27.2 Å². The number of carbonyl (C=O) groups excluding carboxylic acids is 1. The Balaban J connectivity index is 2.52. The van der Waals surface area contributed by atoms with Gasteiger partial charge in [0.15, 0.2) is 0 Å². The number of aliphatic carboxylic acids is 1. The van der Waals surface area contributed by atoms with E-state index in [0.29, 0.717) is 12.1 Å². The van der Waals surface area contributed by atoms with Gasteiger partial charge in [-0.3, -0.25) is 9.59 Å². The van der Waals surface area contributed by atoms with Crippen LogP contribution < -0.4 is 5.32 Å². The summed E-state index contributed by atoms with van der Waals surface area (Å²) in [6.45, 7) is 5.88. The number of carboxylic acid groups (broad SMARTS) is 1. The lowest BCUT2D eigenvalue weighted by Gasteiger charge is -2.14. The first-order valence-corrected chi connectivity index (χ1v) is 6.71. The molecular formula is C12H18N2O3S. The maximum absolute atomic E-state index is 11.7. The van der Waals surface area contributed by atoms with Crippen molar-refractivity contribution in [2.75, 3.05) is 6.54 Å². The molecule has 1 aromatic rings. The quantitative estimate of drug-likeness (QED) is 0.827. The summed E-state index contributed by atoms with van der Waals surface area (Å²) in [6, 6.07) is 0. The Hall–Kier alpha value is -1.43. The van der Waals surface area contributed by atoms with E-state index < -0.39 is 11.9 Å². The second-order valence-electron chi connectivity index (χ2n) is 4.63. The third-order valence-electron chi connectivity index (χ3n) is 2.47. The summed E-state index contributed by atoms with van der Waals surface area (Å²) < 4.78 is 0. The number of carbonyl (C=O) groups is 2. The Kier molecular flexibility index (Phi) is 5.27. The van der Waals surface area contributed by atoms with Crippen LogP contribution in [0.3, 0.4) is 0 Å². The van der Waals surface area contributed by atoms with Crippen molar-refractivity contribution < 1.29 is 14.7 Å². The van der Waals surface area contributed by atoms with Crippen LogP contribution in [0, 0.1) is 18.8 Å². The highest BCUT2D eigenvalue weighted by molar-refractivity contribution is 7.09. The molecule has 0 radical (unpaired) electrons. The molecular weight excluding hydrogens is 252 g/mol. The SMILES string of the molecule is Cc1nc(C(=O)NCC(CC(C)C)C(=O)O)cs1. The first-order valence-electron chi connectivity index (χ1n) is 5.83. The summed E-state index contributed by atoms with van der Waals surface area (Å²) in [5, 5.41) is 14.2. The number of aryl methyl sites for hydroxylation is 1. The molecule has 1 aromatic heterocycles. The van der Waals surface area contributed by atoms with Gasteiger partial charge in [-0.05, 0) is 19.3 Å². The fourth-order valence-corrected chi connectivity index (χ4v) is 2.21. The van der Waals surface area contributed by atoms with Crippen molar-refractivity contribution >= 4 is 23.2 Å². The molecule has 0 saturated heterocycles. The van der Waals surface area contributed by atoms with E-state index >= 15 is 0 Å². The molecule has 1 rings (SSSR count). The number of nitrogens with zero attached hydrogens (tertiary/aromatic N) is 1. The van der Waals surface area contributed by atoms with Gasteiger partial charge in [0.2, 0.25) is 0 Å². The molecule has 0 bridgehead atoms. The number of aromatic nitrogens is 1. The van der Waals surface area contributed by atoms with Crippen LogP contribution in [0.2, 0.25) is 0 Å². The van der Waals surface area contributed by atoms with Gasteiger partial charge in [0.1, 0.15) is 5.69 Å². The molecule has 1 unspecified atom stereocenters. The molecule has 0 fully saturated rings. The molecule has 100 valence electrons. The van der Waals surface area contributed by atoms with E-state index in [-0.39, 0.29) is 18.4 Å². The highest BCUT2D eigenvalue weighted by Gasteiger charge is 2.20. The number of amides is 1. The van der Waals surface area contributed by atoms with Crippen LogP contribution in [0.25, 0.3) is 0 Å². The van der Waals surface area contributed by atoms with E-state index in [1.807, 2.05) is 20.8 Å². The second kappa shape index (κ2) is 6.49. The third-order valence-corrected chi connectivity index (χ3v) is 3.24. The molecule has 1 heterocycles. The molecule has 0 aromatic carbocycles. The Labute approximate surface area is 110 Å². The van der Waals surface area contributed by atoms with Gasteiger partial charge in [-0.25, -0.2) is 4.98 Å². The van der Waals surface area contributed by atoms with E-state index in [0.717, 1.165) is 5.01 Å². The van der Waals surface area contributed by atoms with E-state index in [4.69, 9.17) is 5.11 Å². The third kappa shape index (κ3) is 4.44. The number of rotatable bonds is 6. The molecule has 5 nitrogen and oxygen atoms in total. The van der Waals surface area contributed by atoms with E-state index in [9.17, 15) is 9.59 Å². The largest absolute Gasteiger partial charge is 0.481 e. The number of nitrogens with one attached hydrogen (secondary N) is 1. The molecule has 0 saturated carbocycles. The van der Waals surface area contributed by atoms with E-state index in [2.05, 4.69) is 10.3 Å². The van der Waals surface area contributed by atoms with Gasteiger partial charge in [0, 0.05) is 11.9 Å². The van der Waals surface area contributed by atoms with Crippen LogP contribution in [0.1, 0.15) is 35.8 Å². The van der Waals surface area contributed by atoms with Gasteiger partial charge < -0.3 is 10.4 Å². The van der Waals surface area contributed by atoms with Crippen LogP contribution in [-0.4, -0.2) is 28.5 Å². The smallest absolute Gasteiger partial charge is 0.308 e. The number of carboxylic acids is 1. The average Bonchev–Trinajstić information content (AvgIpc) is 2.69. The highest BCUT2D eigenvalue weighted by Crippen LogP contribution is 2.12. The average molecular weight is 270 g/mol. The lowest BCUT2D eigenvalue weighted by molar-refractivity contribution is -0.142. The Morgan fingerprint density at radius 3 is 2.61 bits per heavy atom. The predicted octanol–water partition coefficient (Wildman–Crippen LogP) is 1.93. The summed E-state index contributed by atoms with van der Waals surface area (Å²) in [7, 11) is 0. The summed E-state index contributed by atoms with van der Waals surface area (Å²) >= 11 is 1.40. The lowest BCUT2D eigenvalue weighted by Crippen LogP contribution is -2.33. The molecule has 0 spiro atoms. The van der Waals surface area contributed by atoms with Gasteiger partial charge in [-0.2, -0.15) is 0 Å². The molecule has 1 amide bonds. The predicted molar refractivity (Wildman–Crippen MR) is 69.8 cm³/mol. The second-order valence-corrected chi connectivity index (χ2v) is 5.69. The molecule has 0 aliphatic heterocycles. The van der Waals surface area contributed by atoms with Crippen LogP contribution in [-0.2, 0) is 4.79 Å². The molecule has 1 atom stereocenters. The fourth-order valence-electron chi connectivity index (χ4n) is 1.61. The first-order chi connectivity index (χ1) is 8.40. The summed E-state index contributed by atoms with van der Waals surface area (Å²) in [5.74, 6) is -1.45. The maximum Gasteiger partial charge on any atom is 0.308 e. The van der Waals surface area contributed by atoms with E-state index in [1.165, 1.54) is 11.3 Å². The zero-order chi connectivity index (χ0) is 13.7. The molecule has 18 heavy (non-hydrogen) atoms. The van der Waals surface area contributed by atoms with Crippen molar-refractivity contribution in [3.8, 4) is 0 Å². The fraction of sp³-hybridized carbons (Fsp3) is 0.583. The Bertz CT molecular complexity index is 429. The van der Waals surface area contributed by atoms with E-state index in [1.54, 1.807) is 5.38 Å². The van der Waals surface area contributed by atoms with Crippen LogP contribution in [0.15, 0.2) is 5.38 Å². The van der Waals surface area contributed by atoms with Crippen LogP contribution in [0.5, 0.6) is 0 Å². The topological polar surface area (TPSA) is 79.3 Å². The number of hydrogen-bond donors (Lipinski definition) is 2. The molecule has 6 heteroatoms. The Morgan fingerprint density at radius 2 is 2.17 bits per heavy atom. The van der Waals surface area contributed by atoms with Crippen molar-refractivity contribution in [3.63, 3.8) is 0 Å². The van der Waals surface area contributed by atoms with Gasteiger partial charge in [-0.1, -0.05) is 13.8 Å². The number of thiazole rings is 1. The monoisotopic (exact) mass is 270 g/mol. The number of hydrogen-bond acceptors (Lipinski definition) is 4. The molecule has 2 N–H and O–H groups in total. The minimum absolute atomic E-state index is 0.142. The summed E-state index contributed by atoms with van der Waals surface area (Å²) in [5.41, 5.74) is 0.353. The zero-order valence-corrected chi connectivity index (χ0v) is 11.6. The maximum atomic E-state index is 11.7. The van der Waals surface area contributed by atoms with Crippen molar-refractivity contribution in [1.82, 2.24) is 10.3 Å². The van der Waals surface area contributed by atoms with Gasteiger partial charge in [0.25, 0.3) is 5.91 Å². The zero-order valence-electron chi connectivity index (χ0n) is 10.8. The molecule has 0 aliphatic carbocycles. The first kappa shape index (κ1) is 14.6. The van der Waals surface area contributed by atoms with Crippen molar-refractivity contribution in [1.29, 1.82) is 0 Å². The standard InChI is InChI=1S/C12H18N2O3S/c1-7(2)4-9(12(16)17)5-13-11(15)10-6-18-8(3)14-10/h6-7,9H,4-5H2,1-3H3,(H,13,15)(H,16,17). The van der Waals surface area contributed by atoms with Crippen molar-refractivity contribution in [2.24, 2.45) is 11.8 Å².